The Morgan fingerprint density at radius 2 is 2.23 bits per heavy atom. The smallest absolute Gasteiger partial charge is 0.0499 e. The minimum absolute atomic E-state index is 0.0628. The molecule has 1 aromatic rings. The van der Waals surface area contributed by atoms with Gasteiger partial charge in [0, 0.05) is 17.5 Å². The summed E-state index contributed by atoms with van der Waals surface area (Å²) in [7, 11) is 0. The van der Waals surface area contributed by atoms with Gasteiger partial charge in [0.25, 0.3) is 0 Å². The molecule has 2 heteroatoms. The molecule has 0 bridgehead atoms. The molecule has 0 saturated carbocycles. The van der Waals surface area contributed by atoms with Crippen molar-refractivity contribution in [3.05, 3.63) is 41.3 Å². The SMILES string of the molecule is [CH2]C(CO)c1cc(Cl)ccc1CC. The molecule has 71 valence electrons. The summed E-state index contributed by atoms with van der Waals surface area (Å²) in [6, 6.07) is 5.74. The molecule has 1 N–H and O–H groups in total. The predicted octanol–water partition coefficient (Wildman–Crippen LogP) is 2.81. The molecule has 1 nitrogen and oxygen atoms in total. The first-order valence-electron chi connectivity index (χ1n) is 4.41. The fourth-order valence-electron chi connectivity index (χ4n) is 1.37. The molecule has 0 spiro atoms. The highest BCUT2D eigenvalue weighted by Gasteiger charge is 2.08. The lowest BCUT2D eigenvalue weighted by atomic mass is 9.95. The second-order valence-corrected chi connectivity index (χ2v) is 3.51. The summed E-state index contributed by atoms with van der Waals surface area (Å²) < 4.78 is 0. The maximum atomic E-state index is 8.99. The molecule has 13 heavy (non-hydrogen) atoms. The fraction of sp³-hybridized carbons (Fsp3) is 0.364. The average molecular weight is 198 g/mol. The predicted molar refractivity (Wildman–Crippen MR) is 56.0 cm³/mol. The largest absolute Gasteiger partial charge is 0.396 e. The van der Waals surface area contributed by atoms with E-state index in [1.807, 2.05) is 18.2 Å². The van der Waals surface area contributed by atoms with Crippen molar-refractivity contribution in [3.8, 4) is 0 Å². The van der Waals surface area contributed by atoms with Crippen molar-refractivity contribution in [1.82, 2.24) is 0 Å². The molecule has 0 amide bonds. The first-order chi connectivity index (χ1) is 6.19. The summed E-state index contributed by atoms with van der Waals surface area (Å²) in [6.07, 6.45) is 0.943. The van der Waals surface area contributed by atoms with E-state index in [0.717, 1.165) is 12.0 Å². The summed E-state index contributed by atoms with van der Waals surface area (Å²) in [6.45, 7) is 6.01. The van der Waals surface area contributed by atoms with Crippen LogP contribution >= 0.6 is 11.6 Å². The van der Waals surface area contributed by atoms with Crippen molar-refractivity contribution in [1.29, 1.82) is 0 Å². The monoisotopic (exact) mass is 197 g/mol. The van der Waals surface area contributed by atoms with Gasteiger partial charge in [-0.15, -0.1) is 0 Å². The molecule has 0 fully saturated rings. The van der Waals surface area contributed by atoms with Crippen LogP contribution in [-0.4, -0.2) is 11.7 Å². The van der Waals surface area contributed by atoms with Crippen molar-refractivity contribution in [2.75, 3.05) is 6.61 Å². The number of aliphatic hydroxyl groups is 1. The van der Waals surface area contributed by atoms with E-state index < -0.39 is 0 Å². The van der Waals surface area contributed by atoms with Gasteiger partial charge in [-0.25, -0.2) is 0 Å². The maximum absolute atomic E-state index is 8.99. The lowest BCUT2D eigenvalue weighted by Gasteiger charge is -2.13. The van der Waals surface area contributed by atoms with Crippen LogP contribution in [0.25, 0.3) is 0 Å². The fourth-order valence-corrected chi connectivity index (χ4v) is 1.55. The highest BCUT2D eigenvalue weighted by atomic mass is 35.5. The highest BCUT2D eigenvalue weighted by molar-refractivity contribution is 6.30. The van der Waals surface area contributed by atoms with Gasteiger partial charge in [0.15, 0.2) is 0 Å². The molecule has 1 radical (unpaired) electrons. The van der Waals surface area contributed by atoms with Gasteiger partial charge >= 0.3 is 0 Å². The summed E-state index contributed by atoms with van der Waals surface area (Å²) in [5, 5.41) is 9.70. The first-order valence-corrected chi connectivity index (χ1v) is 4.79. The van der Waals surface area contributed by atoms with Gasteiger partial charge in [-0.1, -0.05) is 24.6 Å². The molecule has 1 unspecified atom stereocenters. The van der Waals surface area contributed by atoms with E-state index in [1.54, 1.807) is 0 Å². The van der Waals surface area contributed by atoms with Gasteiger partial charge in [-0.05, 0) is 36.6 Å². The lowest BCUT2D eigenvalue weighted by molar-refractivity contribution is 0.282. The standard InChI is InChI=1S/C11H14ClO/c1-3-9-4-5-10(12)6-11(9)8(2)7-13/h4-6,8,13H,2-3,7H2,1H3. The third kappa shape index (κ3) is 2.45. The van der Waals surface area contributed by atoms with Crippen molar-refractivity contribution in [3.63, 3.8) is 0 Å². The topological polar surface area (TPSA) is 20.2 Å². The second-order valence-electron chi connectivity index (χ2n) is 3.08. The molecule has 0 saturated heterocycles. The normalized spacial score (nSPS) is 12.9. The molecule has 0 heterocycles. The number of benzene rings is 1. The Morgan fingerprint density at radius 3 is 2.77 bits per heavy atom. The lowest BCUT2D eigenvalue weighted by Crippen LogP contribution is -2.03. The minimum Gasteiger partial charge on any atom is -0.396 e. The summed E-state index contributed by atoms with van der Waals surface area (Å²) in [4.78, 5) is 0. The zero-order valence-electron chi connectivity index (χ0n) is 7.76. The Morgan fingerprint density at radius 1 is 1.54 bits per heavy atom. The van der Waals surface area contributed by atoms with Crippen LogP contribution in [0, 0.1) is 6.92 Å². The minimum atomic E-state index is -0.0753. The number of hydrogen-bond acceptors (Lipinski definition) is 1. The van der Waals surface area contributed by atoms with E-state index in [1.165, 1.54) is 5.56 Å². The number of hydrogen-bond donors (Lipinski definition) is 1. The molecule has 0 aliphatic carbocycles. The zero-order valence-corrected chi connectivity index (χ0v) is 8.51. The number of aliphatic hydroxyl groups excluding tert-OH is 1. The quantitative estimate of drug-likeness (QED) is 0.790. The van der Waals surface area contributed by atoms with Gasteiger partial charge in [0.1, 0.15) is 0 Å². The van der Waals surface area contributed by atoms with E-state index in [9.17, 15) is 0 Å². The zero-order chi connectivity index (χ0) is 9.84. The van der Waals surface area contributed by atoms with Gasteiger partial charge in [-0.3, -0.25) is 0 Å². The number of rotatable bonds is 3. The third-order valence-corrected chi connectivity index (χ3v) is 2.38. The Balaban J connectivity index is 3.07. The van der Waals surface area contributed by atoms with E-state index >= 15 is 0 Å². The van der Waals surface area contributed by atoms with Gasteiger partial charge in [-0.2, -0.15) is 0 Å². The molecule has 1 aromatic carbocycles. The Bertz CT molecular complexity index is 283. The summed E-state index contributed by atoms with van der Waals surface area (Å²) in [5.74, 6) is -0.0753. The van der Waals surface area contributed by atoms with Crippen molar-refractivity contribution >= 4 is 11.6 Å². The molecule has 1 atom stereocenters. The second kappa shape index (κ2) is 4.64. The average Bonchev–Trinajstić information content (AvgIpc) is 2.16. The third-order valence-electron chi connectivity index (χ3n) is 2.15. The van der Waals surface area contributed by atoms with Crippen LogP contribution in [0.1, 0.15) is 24.0 Å². The first kappa shape index (κ1) is 10.6. The maximum Gasteiger partial charge on any atom is 0.0499 e. The van der Waals surface area contributed by atoms with E-state index in [2.05, 4.69) is 13.8 Å². The van der Waals surface area contributed by atoms with Crippen LogP contribution in [-0.2, 0) is 6.42 Å². The van der Waals surface area contributed by atoms with Crippen molar-refractivity contribution < 1.29 is 5.11 Å². The van der Waals surface area contributed by atoms with Gasteiger partial charge in [0.2, 0.25) is 0 Å². The van der Waals surface area contributed by atoms with E-state index in [-0.39, 0.29) is 12.5 Å². The Kier molecular flexibility index (Phi) is 3.76. The summed E-state index contributed by atoms with van der Waals surface area (Å²) in [5.41, 5.74) is 2.26. The molecule has 0 aliphatic rings. The van der Waals surface area contributed by atoms with Crippen LogP contribution in [0.5, 0.6) is 0 Å². The van der Waals surface area contributed by atoms with E-state index in [4.69, 9.17) is 16.7 Å². The van der Waals surface area contributed by atoms with Crippen molar-refractivity contribution in [2.24, 2.45) is 0 Å². The highest BCUT2D eigenvalue weighted by Crippen LogP contribution is 2.23. The van der Waals surface area contributed by atoms with Crippen LogP contribution < -0.4 is 0 Å². The molecule has 1 rings (SSSR count). The number of halogens is 1. The number of aryl methyl sites for hydroxylation is 1. The van der Waals surface area contributed by atoms with Gasteiger partial charge < -0.3 is 5.11 Å². The summed E-state index contributed by atoms with van der Waals surface area (Å²) >= 11 is 5.87. The van der Waals surface area contributed by atoms with Crippen molar-refractivity contribution in [2.45, 2.75) is 19.3 Å². The Labute approximate surface area is 84.4 Å². The molecule has 0 aromatic heterocycles. The van der Waals surface area contributed by atoms with Crippen LogP contribution in [0.3, 0.4) is 0 Å². The molecular weight excluding hydrogens is 184 g/mol. The van der Waals surface area contributed by atoms with E-state index in [0.29, 0.717) is 5.02 Å². The van der Waals surface area contributed by atoms with Crippen LogP contribution in [0.4, 0.5) is 0 Å². The van der Waals surface area contributed by atoms with Crippen LogP contribution in [0.2, 0.25) is 5.02 Å². The van der Waals surface area contributed by atoms with Crippen LogP contribution in [0.15, 0.2) is 18.2 Å². The molecule has 0 aliphatic heterocycles. The van der Waals surface area contributed by atoms with Gasteiger partial charge in [0.05, 0.1) is 0 Å². The Hall–Kier alpha value is -0.530. The molecular formula is C11H14ClO.